The van der Waals surface area contributed by atoms with Crippen LogP contribution in [-0.2, 0) is 16.0 Å². The molecule has 1 saturated heterocycles. The van der Waals surface area contributed by atoms with Gasteiger partial charge in [0, 0.05) is 29.4 Å². The zero-order valence-corrected chi connectivity index (χ0v) is 20.1. The van der Waals surface area contributed by atoms with Crippen LogP contribution in [-0.4, -0.2) is 36.5 Å². The Kier molecular flexibility index (Phi) is 5.75. The monoisotopic (exact) mass is 463 g/mol. The molecule has 1 N–H and O–H groups in total. The summed E-state index contributed by atoms with van der Waals surface area (Å²) in [6.45, 7) is 6.82. The Morgan fingerprint density at radius 2 is 2.00 bits per heavy atom. The Bertz CT molecular complexity index is 1230. The lowest BCUT2D eigenvalue weighted by atomic mass is 9.88. The van der Waals surface area contributed by atoms with E-state index >= 15 is 0 Å². The molecular formula is C27H29NO4S. The first-order valence-electron chi connectivity index (χ1n) is 11.5. The highest BCUT2D eigenvalue weighted by Crippen LogP contribution is 2.38. The summed E-state index contributed by atoms with van der Waals surface area (Å²) in [5, 5.41) is 5.45. The number of nitrogens with one attached hydrogen (secondary N) is 1. The molecule has 0 spiro atoms. The number of fused-ring (bicyclic) bond motifs is 3. The van der Waals surface area contributed by atoms with Gasteiger partial charge in [-0.3, -0.25) is 9.59 Å². The number of rotatable bonds is 5. The van der Waals surface area contributed by atoms with Crippen molar-refractivity contribution in [2.45, 2.75) is 51.7 Å². The lowest BCUT2D eigenvalue weighted by molar-refractivity contribution is -0.135. The zero-order chi connectivity index (χ0) is 23.2. The van der Waals surface area contributed by atoms with Crippen LogP contribution >= 0.6 is 11.3 Å². The number of ketones is 1. The molecule has 1 fully saturated rings. The molecule has 0 bridgehead atoms. The highest BCUT2D eigenvalue weighted by molar-refractivity contribution is 7.17. The number of benzene rings is 2. The van der Waals surface area contributed by atoms with E-state index in [0.29, 0.717) is 13.2 Å². The van der Waals surface area contributed by atoms with Crippen molar-refractivity contribution in [2.75, 3.05) is 13.2 Å². The molecule has 3 heterocycles. The fourth-order valence-electron chi connectivity index (χ4n) is 4.91. The van der Waals surface area contributed by atoms with Gasteiger partial charge in [-0.15, -0.1) is 11.3 Å². The van der Waals surface area contributed by atoms with Crippen LogP contribution in [0.5, 0.6) is 5.75 Å². The minimum atomic E-state index is -0.241. The van der Waals surface area contributed by atoms with Crippen molar-refractivity contribution in [3.8, 4) is 16.2 Å². The number of thiophene rings is 1. The lowest BCUT2D eigenvalue weighted by Crippen LogP contribution is -2.43. The summed E-state index contributed by atoms with van der Waals surface area (Å²) in [6.07, 6.45) is 2.23. The summed E-state index contributed by atoms with van der Waals surface area (Å²) < 4.78 is 11.9. The van der Waals surface area contributed by atoms with Crippen molar-refractivity contribution in [2.24, 2.45) is 5.92 Å². The van der Waals surface area contributed by atoms with E-state index in [-0.39, 0.29) is 29.3 Å². The van der Waals surface area contributed by atoms with Gasteiger partial charge in [-0.05, 0) is 74.2 Å². The molecule has 33 heavy (non-hydrogen) atoms. The van der Waals surface area contributed by atoms with Crippen molar-refractivity contribution < 1.29 is 19.1 Å². The summed E-state index contributed by atoms with van der Waals surface area (Å²) >= 11 is 1.53. The first-order valence-corrected chi connectivity index (χ1v) is 12.4. The Labute approximate surface area is 198 Å². The standard InChI is InChI=1S/C27H29NO4S/c1-16(29)24-8-9-25(33-24)18-4-6-21-17(12-18)5-7-23-22(21)13-20(32-23)15-28-26(30)19-10-11-31-27(2,3)14-19/h4-9,12,19-20H,10-11,13-15H2,1-3H3,(H,28,30)/t19-,20+/m0/s1. The van der Waals surface area contributed by atoms with Gasteiger partial charge in [0.05, 0.1) is 17.0 Å². The van der Waals surface area contributed by atoms with Gasteiger partial charge < -0.3 is 14.8 Å². The van der Waals surface area contributed by atoms with E-state index in [9.17, 15) is 9.59 Å². The molecule has 2 atom stereocenters. The van der Waals surface area contributed by atoms with E-state index in [4.69, 9.17) is 9.47 Å². The maximum atomic E-state index is 12.7. The van der Waals surface area contributed by atoms with E-state index in [1.165, 1.54) is 22.3 Å². The maximum absolute atomic E-state index is 12.7. The van der Waals surface area contributed by atoms with Gasteiger partial charge in [0.2, 0.25) is 5.91 Å². The zero-order valence-electron chi connectivity index (χ0n) is 19.3. The molecule has 3 aromatic rings. The second-order valence-corrected chi connectivity index (χ2v) is 10.8. The summed E-state index contributed by atoms with van der Waals surface area (Å²) in [4.78, 5) is 26.2. The highest BCUT2D eigenvalue weighted by atomic mass is 32.1. The molecule has 2 aromatic carbocycles. The quantitative estimate of drug-likeness (QED) is 0.515. The van der Waals surface area contributed by atoms with Crippen LogP contribution in [0.1, 0.15) is 48.8 Å². The van der Waals surface area contributed by atoms with Gasteiger partial charge in [-0.25, -0.2) is 0 Å². The number of Topliss-reactive ketones (excluding diaryl/α,β-unsaturated/α-hetero) is 1. The highest BCUT2D eigenvalue weighted by Gasteiger charge is 2.33. The van der Waals surface area contributed by atoms with Crippen LogP contribution in [0.4, 0.5) is 0 Å². The SMILES string of the molecule is CC(=O)c1ccc(-c2ccc3c4c(ccc3c2)O[C@@H](CNC(=O)[C@H]2CCOC(C)(C)C2)C4)s1. The van der Waals surface area contributed by atoms with Gasteiger partial charge in [-0.2, -0.15) is 0 Å². The molecule has 0 radical (unpaired) electrons. The number of hydrogen-bond acceptors (Lipinski definition) is 5. The van der Waals surface area contributed by atoms with E-state index in [0.717, 1.165) is 45.7 Å². The summed E-state index contributed by atoms with van der Waals surface area (Å²) in [6, 6.07) is 14.4. The largest absolute Gasteiger partial charge is 0.488 e. The average Bonchev–Trinajstić information content (AvgIpc) is 3.44. The van der Waals surface area contributed by atoms with Gasteiger partial charge >= 0.3 is 0 Å². The van der Waals surface area contributed by atoms with Crippen molar-refractivity contribution in [1.29, 1.82) is 0 Å². The molecule has 5 rings (SSSR count). The van der Waals surface area contributed by atoms with Crippen LogP contribution in [0.3, 0.4) is 0 Å². The summed E-state index contributed by atoms with van der Waals surface area (Å²) in [7, 11) is 0. The third-order valence-corrected chi connectivity index (χ3v) is 7.86. The lowest BCUT2D eigenvalue weighted by Gasteiger charge is -2.34. The van der Waals surface area contributed by atoms with E-state index in [1.807, 2.05) is 32.0 Å². The molecular weight excluding hydrogens is 434 g/mol. The van der Waals surface area contributed by atoms with Gasteiger partial charge in [0.1, 0.15) is 11.9 Å². The normalized spacial score (nSPS) is 21.4. The Balaban J connectivity index is 1.27. The van der Waals surface area contributed by atoms with Crippen molar-refractivity contribution in [1.82, 2.24) is 5.32 Å². The van der Waals surface area contributed by atoms with Crippen molar-refractivity contribution in [3.63, 3.8) is 0 Å². The molecule has 1 aromatic heterocycles. The average molecular weight is 464 g/mol. The number of hydrogen-bond donors (Lipinski definition) is 1. The predicted octanol–water partition coefficient (Wildman–Crippen LogP) is 5.40. The van der Waals surface area contributed by atoms with E-state index < -0.39 is 0 Å². The minimum absolute atomic E-state index is 0.00227. The third-order valence-electron chi connectivity index (χ3n) is 6.62. The second-order valence-electron chi connectivity index (χ2n) is 9.69. The van der Waals surface area contributed by atoms with Crippen LogP contribution in [0.2, 0.25) is 0 Å². The minimum Gasteiger partial charge on any atom is -0.488 e. The van der Waals surface area contributed by atoms with Crippen molar-refractivity contribution >= 4 is 33.8 Å². The summed E-state index contributed by atoms with van der Waals surface area (Å²) in [5.41, 5.74) is 2.07. The molecule has 6 heteroatoms. The van der Waals surface area contributed by atoms with Gasteiger partial charge in [-0.1, -0.05) is 18.2 Å². The van der Waals surface area contributed by atoms with E-state index in [2.05, 4.69) is 29.6 Å². The smallest absolute Gasteiger partial charge is 0.223 e. The molecule has 2 aliphatic rings. The molecule has 172 valence electrons. The molecule has 5 nitrogen and oxygen atoms in total. The molecule has 0 unspecified atom stereocenters. The predicted molar refractivity (Wildman–Crippen MR) is 131 cm³/mol. The van der Waals surface area contributed by atoms with E-state index in [1.54, 1.807) is 6.92 Å². The molecule has 2 aliphatic heterocycles. The fraction of sp³-hybridized carbons (Fsp3) is 0.407. The Morgan fingerprint density at radius 1 is 1.15 bits per heavy atom. The van der Waals surface area contributed by atoms with Gasteiger partial charge in [0.15, 0.2) is 5.78 Å². The Morgan fingerprint density at radius 3 is 2.76 bits per heavy atom. The van der Waals surface area contributed by atoms with Crippen LogP contribution in [0, 0.1) is 5.92 Å². The van der Waals surface area contributed by atoms with Crippen molar-refractivity contribution in [3.05, 3.63) is 52.9 Å². The molecule has 1 amide bonds. The molecule has 0 saturated carbocycles. The number of amides is 1. The molecule has 0 aliphatic carbocycles. The van der Waals surface area contributed by atoms with Crippen LogP contribution in [0.25, 0.3) is 21.2 Å². The maximum Gasteiger partial charge on any atom is 0.223 e. The first kappa shape index (κ1) is 22.1. The number of carbonyl (C=O) groups is 2. The number of ether oxygens (including phenoxy) is 2. The van der Waals surface area contributed by atoms with Gasteiger partial charge in [0.25, 0.3) is 0 Å². The van der Waals surface area contributed by atoms with Crippen LogP contribution < -0.4 is 10.1 Å². The second kappa shape index (κ2) is 8.58. The third kappa shape index (κ3) is 4.55. The Hall–Kier alpha value is -2.70. The topological polar surface area (TPSA) is 64.6 Å². The first-order chi connectivity index (χ1) is 15.8. The summed E-state index contributed by atoms with van der Waals surface area (Å²) in [5.74, 6) is 1.09. The fourth-order valence-corrected chi connectivity index (χ4v) is 5.81. The number of carbonyl (C=O) groups excluding carboxylic acids is 2. The van der Waals surface area contributed by atoms with Crippen LogP contribution in [0.15, 0.2) is 42.5 Å².